The minimum Gasteiger partial charge on any atom is -0.492 e. The predicted octanol–water partition coefficient (Wildman–Crippen LogP) is 7.17. The first kappa shape index (κ1) is 27.3. The molecule has 4 aromatic carbocycles. The smallest absolute Gasteiger partial charge is 0.326 e. The van der Waals surface area contributed by atoms with Gasteiger partial charge in [0.1, 0.15) is 18.4 Å². The van der Waals surface area contributed by atoms with Crippen molar-refractivity contribution in [3.63, 3.8) is 0 Å². The van der Waals surface area contributed by atoms with Gasteiger partial charge in [-0.1, -0.05) is 78.9 Å². The summed E-state index contributed by atoms with van der Waals surface area (Å²) >= 11 is 0. The molecule has 6 nitrogen and oxygen atoms in total. The SMILES string of the molecule is O=C(C1=C(N[C@@H](Cc2ccc(OCCn3c4ccccc4c4ccccc43)cc2)C(=O)O)CCCC1)c1ccccc1. The molecule has 0 saturated carbocycles. The van der Waals surface area contributed by atoms with Gasteiger partial charge in [0.2, 0.25) is 0 Å². The lowest BCUT2D eigenvalue weighted by Gasteiger charge is -2.25. The Bertz CT molecular complexity index is 1700. The molecule has 1 aliphatic carbocycles. The number of ketones is 1. The summed E-state index contributed by atoms with van der Waals surface area (Å²) < 4.78 is 8.38. The van der Waals surface area contributed by atoms with Gasteiger partial charge in [-0.2, -0.15) is 0 Å². The number of carbonyl (C=O) groups is 2. The molecule has 212 valence electrons. The second kappa shape index (κ2) is 12.4. The number of para-hydroxylation sites is 2. The van der Waals surface area contributed by atoms with Gasteiger partial charge in [0.25, 0.3) is 0 Å². The van der Waals surface area contributed by atoms with Crippen LogP contribution in [0.4, 0.5) is 0 Å². The van der Waals surface area contributed by atoms with Crippen LogP contribution in [0.15, 0.2) is 114 Å². The molecule has 2 N–H and O–H groups in total. The molecule has 42 heavy (non-hydrogen) atoms. The van der Waals surface area contributed by atoms with Crippen molar-refractivity contribution in [1.29, 1.82) is 0 Å². The van der Waals surface area contributed by atoms with Crippen LogP contribution >= 0.6 is 0 Å². The molecule has 0 radical (unpaired) electrons. The third-order valence-corrected chi connectivity index (χ3v) is 8.05. The van der Waals surface area contributed by atoms with E-state index in [9.17, 15) is 14.7 Å². The Labute approximate surface area is 245 Å². The average molecular weight is 559 g/mol. The van der Waals surface area contributed by atoms with Crippen LogP contribution in [-0.4, -0.2) is 34.1 Å². The third-order valence-electron chi connectivity index (χ3n) is 8.05. The predicted molar refractivity (Wildman–Crippen MR) is 166 cm³/mol. The van der Waals surface area contributed by atoms with Crippen LogP contribution in [0.25, 0.3) is 21.8 Å². The Morgan fingerprint density at radius 3 is 2.07 bits per heavy atom. The quantitative estimate of drug-likeness (QED) is 0.168. The number of hydrogen-bond donors (Lipinski definition) is 2. The summed E-state index contributed by atoms with van der Waals surface area (Å²) in [6.45, 7) is 1.22. The normalized spacial score (nSPS) is 14.2. The number of nitrogens with one attached hydrogen (secondary N) is 1. The minimum atomic E-state index is -0.939. The van der Waals surface area contributed by atoms with Crippen LogP contribution in [0, 0.1) is 0 Å². The van der Waals surface area contributed by atoms with Gasteiger partial charge >= 0.3 is 5.97 Å². The number of hydrogen-bond acceptors (Lipinski definition) is 4. The van der Waals surface area contributed by atoms with E-state index in [1.54, 1.807) is 0 Å². The highest BCUT2D eigenvalue weighted by molar-refractivity contribution is 6.09. The van der Waals surface area contributed by atoms with E-state index in [4.69, 9.17) is 4.74 Å². The zero-order chi connectivity index (χ0) is 28.9. The largest absolute Gasteiger partial charge is 0.492 e. The van der Waals surface area contributed by atoms with E-state index >= 15 is 0 Å². The lowest BCUT2D eigenvalue weighted by molar-refractivity contribution is -0.139. The monoisotopic (exact) mass is 558 g/mol. The van der Waals surface area contributed by atoms with Crippen LogP contribution in [0.1, 0.15) is 41.6 Å². The number of carbonyl (C=O) groups excluding carboxylic acids is 1. The molecule has 6 rings (SSSR count). The number of allylic oxidation sites excluding steroid dienone is 2. The zero-order valence-electron chi connectivity index (χ0n) is 23.5. The standard InChI is InChI=1S/C36H34N2O4/c39-35(26-10-2-1-3-11-26)30-14-4-7-15-31(30)37-32(36(40)41)24-25-18-20-27(21-19-25)42-23-22-38-33-16-8-5-12-28(33)29-13-6-9-17-34(29)38/h1-3,5-6,8-13,16-21,32,37H,4,7,14-15,22-24H2,(H,40,41)/t32-/m0/s1. The summed E-state index contributed by atoms with van der Waals surface area (Å²) in [5, 5.41) is 15.7. The first-order valence-electron chi connectivity index (χ1n) is 14.6. The molecule has 0 fully saturated rings. The fourth-order valence-electron chi connectivity index (χ4n) is 5.95. The number of carboxylic acids is 1. The van der Waals surface area contributed by atoms with E-state index in [-0.39, 0.29) is 5.78 Å². The second-order valence-corrected chi connectivity index (χ2v) is 10.8. The first-order chi connectivity index (χ1) is 20.6. The number of fused-ring (bicyclic) bond motifs is 3. The van der Waals surface area contributed by atoms with Crippen molar-refractivity contribution in [1.82, 2.24) is 9.88 Å². The average Bonchev–Trinajstić information content (AvgIpc) is 3.35. The van der Waals surface area contributed by atoms with Crippen molar-refractivity contribution < 1.29 is 19.4 Å². The van der Waals surface area contributed by atoms with Crippen molar-refractivity contribution in [2.45, 2.75) is 44.7 Å². The van der Waals surface area contributed by atoms with Crippen LogP contribution < -0.4 is 10.1 Å². The summed E-state index contributed by atoms with van der Waals surface area (Å²) in [6, 6.07) is 32.8. The van der Waals surface area contributed by atoms with Crippen LogP contribution in [0.3, 0.4) is 0 Å². The van der Waals surface area contributed by atoms with E-state index in [2.05, 4.69) is 58.4 Å². The summed E-state index contributed by atoms with van der Waals surface area (Å²) in [5.74, 6) is -0.222. The third kappa shape index (κ3) is 5.79. The number of ether oxygens (including phenoxy) is 1. The zero-order valence-corrected chi connectivity index (χ0v) is 23.5. The van der Waals surface area contributed by atoms with Crippen molar-refractivity contribution in [2.75, 3.05) is 6.61 Å². The molecule has 0 bridgehead atoms. The van der Waals surface area contributed by atoms with Gasteiger partial charge in [0.05, 0.1) is 6.54 Å². The molecule has 6 heteroatoms. The van der Waals surface area contributed by atoms with Gasteiger partial charge in [-0.05, 0) is 55.5 Å². The Hall–Kier alpha value is -4.84. The van der Waals surface area contributed by atoms with Crippen LogP contribution in [0.2, 0.25) is 0 Å². The maximum Gasteiger partial charge on any atom is 0.326 e. The number of nitrogens with zero attached hydrogens (tertiary/aromatic N) is 1. The van der Waals surface area contributed by atoms with Crippen molar-refractivity contribution in [2.24, 2.45) is 0 Å². The Balaban J connectivity index is 1.11. The van der Waals surface area contributed by atoms with E-state index in [1.807, 2.05) is 54.6 Å². The molecule has 1 atom stereocenters. The molecular weight excluding hydrogens is 524 g/mol. The Kier molecular flexibility index (Phi) is 8.04. The topological polar surface area (TPSA) is 80.6 Å². The molecule has 0 unspecified atom stereocenters. The lowest BCUT2D eigenvalue weighted by atomic mass is 9.90. The maximum atomic E-state index is 13.2. The van der Waals surface area contributed by atoms with Gasteiger partial charge in [0, 0.05) is 45.1 Å². The highest BCUT2D eigenvalue weighted by atomic mass is 16.5. The molecule has 1 aliphatic rings. The molecule has 0 saturated heterocycles. The molecular formula is C36H34N2O4. The maximum absolute atomic E-state index is 13.2. The van der Waals surface area contributed by atoms with Gasteiger partial charge in [0.15, 0.2) is 5.78 Å². The van der Waals surface area contributed by atoms with E-state index in [0.29, 0.717) is 43.6 Å². The highest BCUT2D eigenvalue weighted by Crippen LogP contribution is 2.29. The number of rotatable bonds is 11. The minimum absolute atomic E-state index is 0.0238. The number of aliphatic carboxylic acids is 1. The Morgan fingerprint density at radius 1 is 0.786 bits per heavy atom. The van der Waals surface area contributed by atoms with Crippen LogP contribution in [0.5, 0.6) is 5.75 Å². The van der Waals surface area contributed by atoms with Gasteiger partial charge < -0.3 is 19.7 Å². The fourth-order valence-corrected chi connectivity index (χ4v) is 5.95. The second-order valence-electron chi connectivity index (χ2n) is 10.8. The Morgan fingerprint density at radius 2 is 1.40 bits per heavy atom. The number of benzene rings is 4. The number of aromatic nitrogens is 1. The fraction of sp³-hybridized carbons (Fsp3) is 0.222. The molecule has 5 aromatic rings. The van der Waals surface area contributed by atoms with E-state index < -0.39 is 12.0 Å². The van der Waals surface area contributed by atoms with Crippen molar-refractivity contribution in [3.8, 4) is 5.75 Å². The number of carboxylic acid groups (broad SMARTS) is 1. The summed E-state index contributed by atoms with van der Waals surface area (Å²) in [5.41, 5.74) is 5.35. The molecule has 0 aliphatic heterocycles. The van der Waals surface area contributed by atoms with E-state index in [1.165, 1.54) is 21.8 Å². The van der Waals surface area contributed by atoms with Gasteiger partial charge in [-0.15, -0.1) is 0 Å². The van der Waals surface area contributed by atoms with E-state index in [0.717, 1.165) is 29.9 Å². The first-order valence-corrected chi connectivity index (χ1v) is 14.6. The summed E-state index contributed by atoms with van der Waals surface area (Å²) in [6.07, 6.45) is 3.49. The summed E-state index contributed by atoms with van der Waals surface area (Å²) in [4.78, 5) is 25.4. The lowest BCUT2D eigenvalue weighted by Crippen LogP contribution is -2.39. The summed E-state index contributed by atoms with van der Waals surface area (Å²) in [7, 11) is 0. The van der Waals surface area contributed by atoms with Crippen molar-refractivity contribution in [3.05, 3.63) is 126 Å². The molecule has 1 aromatic heterocycles. The van der Waals surface area contributed by atoms with Gasteiger partial charge in [-0.25, -0.2) is 4.79 Å². The molecule has 0 spiro atoms. The molecule has 1 heterocycles. The molecule has 0 amide bonds. The van der Waals surface area contributed by atoms with Crippen LogP contribution in [-0.2, 0) is 17.8 Å². The highest BCUT2D eigenvalue weighted by Gasteiger charge is 2.25. The van der Waals surface area contributed by atoms with Crippen molar-refractivity contribution >= 4 is 33.6 Å². The number of Topliss-reactive ketones (excluding diaryl/α,β-unsaturated/α-hetero) is 1. The van der Waals surface area contributed by atoms with Gasteiger partial charge in [-0.3, -0.25) is 4.79 Å².